The highest BCUT2D eigenvalue weighted by Gasteiger charge is 2.57. The van der Waals surface area contributed by atoms with Crippen molar-refractivity contribution >= 4 is 0 Å². The second-order valence-corrected chi connectivity index (χ2v) is 12.2. The molecule has 1 aromatic rings. The molecule has 4 aliphatic carbocycles. The predicted molar refractivity (Wildman–Crippen MR) is 127 cm³/mol. The Balaban J connectivity index is 1.28. The van der Waals surface area contributed by atoms with Gasteiger partial charge in [0.05, 0.1) is 0 Å². The summed E-state index contributed by atoms with van der Waals surface area (Å²) >= 11 is 0. The first kappa shape index (κ1) is 21.0. The van der Waals surface area contributed by atoms with Crippen molar-refractivity contribution in [3.8, 4) is 0 Å². The Morgan fingerprint density at radius 3 is 2.43 bits per heavy atom. The molecule has 166 valence electrons. The van der Waals surface area contributed by atoms with Crippen LogP contribution in [0, 0.1) is 46.8 Å². The Kier molecular flexibility index (Phi) is 5.80. The first-order valence-electron chi connectivity index (χ1n) is 13.3. The molecule has 10 atom stereocenters. The van der Waals surface area contributed by atoms with Gasteiger partial charge in [0, 0.05) is 12.1 Å². The molecular formula is C29H45N. The smallest absolute Gasteiger partial charge is 0.0294 e. The zero-order valence-electron chi connectivity index (χ0n) is 19.9. The lowest BCUT2D eigenvalue weighted by Gasteiger charge is -2.56. The first-order valence-corrected chi connectivity index (χ1v) is 13.3. The number of rotatable bonds is 4. The van der Waals surface area contributed by atoms with Crippen molar-refractivity contribution in [2.45, 2.75) is 97.6 Å². The van der Waals surface area contributed by atoms with Crippen molar-refractivity contribution in [1.29, 1.82) is 0 Å². The van der Waals surface area contributed by atoms with E-state index in [0.717, 1.165) is 41.4 Å². The summed E-state index contributed by atoms with van der Waals surface area (Å²) in [7, 11) is 0. The maximum absolute atomic E-state index is 4.02. The van der Waals surface area contributed by atoms with Gasteiger partial charge < -0.3 is 5.32 Å². The number of hydrogen-bond acceptors (Lipinski definition) is 1. The van der Waals surface area contributed by atoms with Gasteiger partial charge in [0.2, 0.25) is 0 Å². The molecule has 0 saturated heterocycles. The number of nitrogens with one attached hydrogen (secondary N) is 1. The van der Waals surface area contributed by atoms with Gasteiger partial charge in [-0.05, 0) is 118 Å². The van der Waals surface area contributed by atoms with Gasteiger partial charge in [0.25, 0.3) is 0 Å². The van der Waals surface area contributed by atoms with Crippen LogP contribution in [0.3, 0.4) is 0 Å². The molecule has 0 heterocycles. The second-order valence-electron chi connectivity index (χ2n) is 12.2. The topological polar surface area (TPSA) is 12.0 Å². The molecule has 0 bridgehead atoms. The Hall–Kier alpha value is -0.820. The maximum atomic E-state index is 4.02. The van der Waals surface area contributed by atoms with Gasteiger partial charge in [-0.1, -0.05) is 50.6 Å². The number of benzene rings is 1. The Labute approximate surface area is 185 Å². The zero-order valence-corrected chi connectivity index (χ0v) is 19.9. The van der Waals surface area contributed by atoms with Crippen molar-refractivity contribution in [3.05, 3.63) is 35.9 Å². The van der Waals surface area contributed by atoms with E-state index in [-0.39, 0.29) is 0 Å². The van der Waals surface area contributed by atoms with E-state index >= 15 is 0 Å². The lowest BCUT2D eigenvalue weighted by Crippen LogP contribution is -2.51. The molecule has 30 heavy (non-hydrogen) atoms. The van der Waals surface area contributed by atoms with Crippen LogP contribution >= 0.6 is 0 Å². The van der Waals surface area contributed by atoms with E-state index in [1.807, 2.05) is 0 Å². The summed E-state index contributed by atoms with van der Waals surface area (Å²) in [5, 5.41) is 4.02. The van der Waals surface area contributed by atoms with Crippen LogP contribution < -0.4 is 5.32 Å². The molecule has 1 heteroatoms. The molecule has 0 aromatic heterocycles. The minimum atomic E-state index is 0.444. The number of hydrogen-bond donors (Lipinski definition) is 1. The molecule has 4 aliphatic rings. The summed E-state index contributed by atoms with van der Waals surface area (Å²) in [6.07, 6.45) is 13.7. The summed E-state index contributed by atoms with van der Waals surface area (Å²) in [4.78, 5) is 0. The van der Waals surface area contributed by atoms with Crippen LogP contribution in [0.2, 0.25) is 0 Å². The molecule has 3 unspecified atom stereocenters. The van der Waals surface area contributed by atoms with E-state index in [9.17, 15) is 0 Å². The van der Waals surface area contributed by atoms with Gasteiger partial charge in [0.15, 0.2) is 0 Å². The second kappa shape index (κ2) is 8.27. The number of fused-ring (bicyclic) bond motifs is 5. The van der Waals surface area contributed by atoms with Gasteiger partial charge in [-0.2, -0.15) is 0 Å². The maximum Gasteiger partial charge on any atom is 0.0294 e. The highest BCUT2D eigenvalue weighted by atomic mass is 15.0. The largest absolute Gasteiger partial charge is 0.307 e. The van der Waals surface area contributed by atoms with E-state index in [4.69, 9.17) is 0 Å². The predicted octanol–water partition coefficient (Wildman–Crippen LogP) is 7.63. The highest BCUT2D eigenvalue weighted by Crippen LogP contribution is 2.64. The van der Waals surface area contributed by atoms with Crippen molar-refractivity contribution in [1.82, 2.24) is 5.32 Å². The van der Waals surface area contributed by atoms with E-state index in [1.165, 1.54) is 44.1 Å². The average Bonchev–Trinajstić information content (AvgIpc) is 3.11. The molecule has 1 aromatic carbocycles. The zero-order chi connectivity index (χ0) is 20.9. The lowest BCUT2D eigenvalue weighted by molar-refractivity contribution is -0.0705. The van der Waals surface area contributed by atoms with Crippen molar-refractivity contribution in [2.24, 2.45) is 46.8 Å². The third-order valence-electron chi connectivity index (χ3n) is 10.7. The minimum absolute atomic E-state index is 0.444. The first-order chi connectivity index (χ1) is 14.5. The van der Waals surface area contributed by atoms with Crippen molar-refractivity contribution in [3.63, 3.8) is 0 Å². The summed E-state index contributed by atoms with van der Waals surface area (Å²) in [5.74, 6) is 7.10. The fourth-order valence-corrected chi connectivity index (χ4v) is 9.30. The Bertz CT molecular complexity index is 712. The average molecular weight is 408 g/mol. The standard InChI is InChI=1S/C29H45N/c1-19-10-12-24-23(18-19)11-13-26-25(24)16-17-29(4)27(14-15-28(26)29)21(3)30-20(2)22-8-6-5-7-9-22/h5-9,19-21,23-28,30H,10-18H2,1-4H3/t19-,20-,21+,23+,24-,25?,26+,27?,28?,29+/m0/s1. The summed E-state index contributed by atoms with van der Waals surface area (Å²) in [6.45, 7) is 10.0. The third-order valence-corrected chi connectivity index (χ3v) is 10.7. The molecule has 4 saturated carbocycles. The quantitative estimate of drug-likeness (QED) is 0.541. The Morgan fingerprint density at radius 1 is 0.867 bits per heavy atom. The molecule has 0 radical (unpaired) electrons. The molecule has 1 N–H and O–H groups in total. The fourth-order valence-electron chi connectivity index (χ4n) is 9.30. The van der Waals surface area contributed by atoms with E-state index < -0.39 is 0 Å². The van der Waals surface area contributed by atoms with Gasteiger partial charge in [-0.3, -0.25) is 0 Å². The van der Waals surface area contributed by atoms with Gasteiger partial charge >= 0.3 is 0 Å². The van der Waals surface area contributed by atoms with Crippen molar-refractivity contribution < 1.29 is 0 Å². The highest BCUT2D eigenvalue weighted by molar-refractivity contribution is 5.18. The van der Waals surface area contributed by atoms with Gasteiger partial charge in [-0.15, -0.1) is 0 Å². The molecule has 5 rings (SSSR count). The van der Waals surface area contributed by atoms with Crippen LogP contribution in [-0.2, 0) is 0 Å². The monoisotopic (exact) mass is 407 g/mol. The normalized spacial score (nSPS) is 45.1. The molecule has 4 fully saturated rings. The fraction of sp³-hybridized carbons (Fsp3) is 0.793. The van der Waals surface area contributed by atoms with E-state index in [2.05, 4.69) is 63.3 Å². The van der Waals surface area contributed by atoms with Crippen LogP contribution in [0.15, 0.2) is 30.3 Å². The minimum Gasteiger partial charge on any atom is -0.307 e. The third kappa shape index (κ3) is 3.58. The molecule has 1 nitrogen and oxygen atoms in total. The van der Waals surface area contributed by atoms with Crippen LogP contribution in [0.4, 0.5) is 0 Å². The van der Waals surface area contributed by atoms with Crippen LogP contribution in [-0.4, -0.2) is 6.04 Å². The van der Waals surface area contributed by atoms with E-state index in [1.54, 1.807) is 19.3 Å². The van der Waals surface area contributed by atoms with Crippen LogP contribution in [0.5, 0.6) is 0 Å². The van der Waals surface area contributed by atoms with Crippen LogP contribution in [0.1, 0.15) is 97.1 Å². The molecule has 0 spiro atoms. The van der Waals surface area contributed by atoms with Crippen LogP contribution in [0.25, 0.3) is 0 Å². The van der Waals surface area contributed by atoms with Gasteiger partial charge in [-0.25, -0.2) is 0 Å². The van der Waals surface area contributed by atoms with Crippen molar-refractivity contribution in [2.75, 3.05) is 0 Å². The molecular weight excluding hydrogens is 362 g/mol. The summed E-state index contributed by atoms with van der Waals surface area (Å²) < 4.78 is 0. The SMILES string of the molecule is C[C@H]1CC[C@@H]2C3CC[C@@]4(C)C(CCC4[C@@H](C)N[C@@H](C)c4ccccc4)[C@@H]3CC[C@@H]2C1. The Morgan fingerprint density at radius 2 is 1.63 bits per heavy atom. The molecule has 0 aliphatic heterocycles. The molecule has 0 amide bonds. The lowest BCUT2D eigenvalue weighted by atomic mass is 9.49. The summed E-state index contributed by atoms with van der Waals surface area (Å²) in [6, 6.07) is 12.1. The summed E-state index contributed by atoms with van der Waals surface area (Å²) in [5.41, 5.74) is 2.00. The van der Waals surface area contributed by atoms with Gasteiger partial charge in [0.1, 0.15) is 0 Å². The van der Waals surface area contributed by atoms with E-state index in [0.29, 0.717) is 17.5 Å².